The van der Waals surface area contributed by atoms with Crippen LogP contribution in [-0.2, 0) is 7.05 Å². The molecule has 1 heterocycles. The number of hydrogen-bond acceptors (Lipinski definition) is 2. The second-order valence-corrected chi connectivity index (χ2v) is 5.27. The first-order valence-electron chi connectivity index (χ1n) is 7.10. The molecular weight excluding hydrogens is 417 g/mol. The summed E-state index contributed by atoms with van der Waals surface area (Å²) >= 11 is 0. The average Bonchev–Trinajstić information content (AvgIpc) is 2.88. The third kappa shape index (κ3) is 3.85. The highest BCUT2D eigenvalue weighted by atomic mass is 127. The van der Waals surface area contributed by atoms with Gasteiger partial charge >= 0.3 is 6.03 Å². The molecule has 6 nitrogen and oxygen atoms in total. The number of amides is 2. The minimum atomic E-state index is -0.323. The quantitative estimate of drug-likeness (QED) is 0.287. The van der Waals surface area contributed by atoms with Crippen molar-refractivity contribution in [1.29, 1.82) is 5.41 Å². The van der Waals surface area contributed by atoms with E-state index in [1.54, 1.807) is 24.3 Å². The zero-order valence-electron chi connectivity index (χ0n) is 13.0. The summed E-state index contributed by atoms with van der Waals surface area (Å²) in [5, 5.41) is 14.0. The maximum Gasteiger partial charge on any atom is 0.323 e. The Morgan fingerprint density at radius 1 is 1.04 bits per heavy atom. The van der Waals surface area contributed by atoms with E-state index in [1.807, 2.05) is 42.1 Å². The van der Waals surface area contributed by atoms with Crippen molar-refractivity contribution in [2.45, 2.75) is 0 Å². The van der Waals surface area contributed by atoms with Crippen LogP contribution in [0.15, 0.2) is 54.7 Å². The van der Waals surface area contributed by atoms with Gasteiger partial charge in [0.2, 0.25) is 0 Å². The normalized spacial score (nSPS) is 10.0. The maximum atomic E-state index is 12.0. The zero-order valence-corrected chi connectivity index (χ0v) is 15.4. The molecule has 24 heavy (non-hydrogen) atoms. The standard InChI is InChI=1S/C17H17N5O.HI/c1-22-9-8-12-10-14(6-7-15(12)22)21-17(23)20-13-4-2-11(3-5-13)16(18)19;/h2-10H,1H3,(H3,18,19)(H2,20,21,23);1H. The van der Waals surface area contributed by atoms with Crippen LogP contribution in [-0.4, -0.2) is 16.4 Å². The van der Waals surface area contributed by atoms with Gasteiger partial charge in [-0.1, -0.05) is 0 Å². The van der Waals surface area contributed by atoms with Crippen LogP contribution in [0.5, 0.6) is 0 Å². The lowest BCUT2D eigenvalue weighted by atomic mass is 10.2. The smallest absolute Gasteiger partial charge is 0.323 e. The molecule has 2 amide bonds. The van der Waals surface area contributed by atoms with E-state index in [2.05, 4.69) is 10.6 Å². The summed E-state index contributed by atoms with van der Waals surface area (Å²) < 4.78 is 2.02. The SMILES string of the molecule is Cn1ccc2cc(NC(=O)Nc3ccc(C(=N)N)cc3)ccc21.I. The molecule has 0 aliphatic heterocycles. The fourth-order valence-corrected chi connectivity index (χ4v) is 2.39. The second kappa shape index (κ2) is 7.35. The zero-order chi connectivity index (χ0) is 16.4. The molecule has 0 saturated carbocycles. The lowest BCUT2D eigenvalue weighted by Crippen LogP contribution is -2.19. The largest absolute Gasteiger partial charge is 0.384 e. The number of carbonyl (C=O) groups is 1. The van der Waals surface area contributed by atoms with Crippen molar-refractivity contribution >= 4 is 58.1 Å². The molecule has 0 aliphatic carbocycles. The van der Waals surface area contributed by atoms with Crippen molar-refractivity contribution in [2.24, 2.45) is 12.8 Å². The van der Waals surface area contributed by atoms with Crippen LogP contribution < -0.4 is 16.4 Å². The van der Waals surface area contributed by atoms with Gasteiger partial charge in [-0.2, -0.15) is 0 Å². The predicted molar refractivity (Wildman–Crippen MR) is 108 cm³/mol. The maximum absolute atomic E-state index is 12.0. The number of urea groups is 1. The summed E-state index contributed by atoms with van der Waals surface area (Å²) in [5.41, 5.74) is 8.48. The summed E-state index contributed by atoms with van der Waals surface area (Å²) in [6, 6.07) is 14.2. The molecule has 5 N–H and O–H groups in total. The van der Waals surface area contributed by atoms with Crippen LogP contribution >= 0.6 is 24.0 Å². The Balaban J connectivity index is 0.00000208. The molecule has 124 valence electrons. The van der Waals surface area contributed by atoms with Gasteiger partial charge in [-0.3, -0.25) is 5.41 Å². The van der Waals surface area contributed by atoms with Crippen LogP contribution in [0, 0.1) is 5.41 Å². The minimum Gasteiger partial charge on any atom is -0.384 e. The summed E-state index contributed by atoms with van der Waals surface area (Å²) in [4.78, 5) is 12.0. The Labute approximate surface area is 156 Å². The first-order chi connectivity index (χ1) is 11.0. The minimum absolute atomic E-state index is 0. The first kappa shape index (κ1) is 17.8. The highest BCUT2D eigenvalue weighted by molar-refractivity contribution is 14.0. The number of nitrogens with one attached hydrogen (secondary N) is 3. The number of rotatable bonds is 3. The van der Waals surface area contributed by atoms with Gasteiger partial charge in [-0.25, -0.2) is 4.79 Å². The molecule has 0 atom stereocenters. The fraction of sp³-hybridized carbons (Fsp3) is 0.0588. The van der Waals surface area contributed by atoms with Gasteiger partial charge in [-0.15, -0.1) is 24.0 Å². The van der Waals surface area contributed by atoms with Crippen molar-refractivity contribution in [3.05, 3.63) is 60.3 Å². The van der Waals surface area contributed by atoms with E-state index in [4.69, 9.17) is 11.1 Å². The number of amidine groups is 1. The monoisotopic (exact) mass is 435 g/mol. The van der Waals surface area contributed by atoms with E-state index < -0.39 is 0 Å². The summed E-state index contributed by atoms with van der Waals surface area (Å²) in [6.07, 6.45) is 1.98. The molecule has 7 heteroatoms. The van der Waals surface area contributed by atoms with Crippen LogP contribution in [0.2, 0.25) is 0 Å². The van der Waals surface area contributed by atoms with Gasteiger partial charge in [0.1, 0.15) is 5.84 Å². The van der Waals surface area contributed by atoms with Crippen molar-refractivity contribution in [1.82, 2.24) is 4.57 Å². The first-order valence-corrected chi connectivity index (χ1v) is 7.10. The van der Waals surface area contributed by atoms with Crippen molar-refractivity contribution < 1.29 is 4.79 Å². The number of nitrogen functional groups attached to an aromatic ring is 1. The summed E-state index contributed by atoms with van der Waals surface area (Å²) in [7, 11) is 1.98. The third-order valence-corrected chi connectivity index (χ3v) is 3.60. The van der Waals surface area contributed by atoms with Gasteiger partial charge in [0.25, 0.3) is 0 Å². The Bertz CT molecular complexity index is 886. The van der Waals surface area contributed by atoms with Gasteiger partial charge in [0.05, 0.1) is 0 Å². The lowest BCUT2D eigenvalue weighted by molar-refractivity contribution is 0.262. The van der Waals surface area contributed by atoms with Crippen LogP contribution in [0.3, 0.4) is 0 Å². The highest BCUT2D eigenvalue weighted by Crippen LogP contribution is 2.20. The molecule has 0 bridgehead atoms. The number of fused-ring (bicyclic) bond motifs is 1. The molecule has 0 spiro atoms. The number of anilines is 2. The van der Waals surface area contributed by atoms with Crippen molar-refractivity contribution in [2.75, 3.05) is 10.6 Å². The molecule has 0 unspecified atom stereocenters. The molecular formula is C17H18IN5O. The molecule has 2 aromatic carbocycles. The van der Waals surface area contributed by atoms with Gasteiger partial charge in [0.15, 0.2) is 0 Å². The molecule has 0 fully saturated rings. The average molecular weight is 435 g/mol. The molecule has 0 aliphatic rings. The Hall–Kier alpha value is -2.55. The van der Waals surface area contributed by atoms with Crippen LogP contribution in [0.4, 0.5) is 16.2 Å². The Morgan fingerprint density at radius 2 is 1.67 bits per heavy atom. The van der Waals surface area contributed by atoms with Crippen LogP contribution in [0.1, 0.15) is 5.56 Å². The number of benzene rings is 2. The van der Waals surface area contributed by atoms with E-state index in [-0.39, 0.29) is 35.8 Å². The summed E-state index contributed by atoms with van der Waals surface area (Å²) in [5.74, 6) is -0.00262. The number of hydrogen-bond donors (Lipinski definition) is 4. The summed E-state index contributed by atoms with van der Waals surface area (Å²) in [6.45, 7) is 0. The third-order valence-electron chi connectivity index (χ3n) is 3.60. The topological polar surface area (TPSA) is 95.9 Å². The van der Waals surface area contributed by atoms with E-state index >= 15 is 0 Å². The highest BCUT2D eigenvalue weighted by Gasteiger charge is 2.05. The van der Waals surface area contributed by atoms with E-state index in [0.717, 1.165) is 16.6 Å². The number of aromatic nitrogens is 1. The number of halogens is 1. The van der Waals surface area contributed by atoms with E-state index in [1.165, 1.54) is 0 Å². The molecule has 1 aromatic heterocycles. The second-order valence-electron chi connectivity index (χ2n) is 5.27. The van der Waals surface area contributed by atoms with E-state index in [9.17, 15) is 4.79 Å². The van der Waals surface area contributed by atoms with Crippen molar-refractivity contribution in [3.8, 4) is 0 Å². The van der Waals surface area contributed by atoms with Crippen LogP contribution in [0.25, 0.3) is 10.9 Å². The van der Waals surface area contributed by atoms with Gasteiger partial charge < -0.3 is 20.9 Å². The molecule has 0 saturated heterocycles. The Morgan fingerprint density at radius 3 is 2.33 bits per heavy atom. The molecule has 3 aromatic rings. The van der Waals surface area contributed by atoms with Crippen molar-refractivity contribution in [3.63, 3.8) is 0 Å². The predicted octanol–water partition coefficient (Wildman–Crippen LogP) is 3.72. The number of carbonyl (C=O) groups excluding carboxylic acids is 1. The Kier molecular flexibility index (Phi) is 5.45. The molecule has 3 rings (SSSR count). The van der Waals surface area contributed by atoms with Gasteiger partial charge in [0, 0.05) is 41.1 Å². The van der Waals surface area contributed by atoms with E-state index in [0.29, 0.717) is 11.3 Å². The number of aryl methyl sites for hydroxylation is 1. The fourth-order valence-electron chi connectivity index (χ4n) is 2.39. The number of nitrogens with two attached hydrogens (primary N) is 1. The lowest BCUT2D eigenvalue weighted by Gasteiger charge is -2.08. The number of nitrogens with zero attached hydrogens (tertiary/aromatic N) is 1. The van der Waals surface area contributed by atoms with Gasteiger partial charge in [-0.05, 0) is 48.5 Å². The molecule has 0 radical (unpaired) electrons.